The summed E-state index contributed by atoms with van der Waals surface area (Å²) < 4.78 is 29.0. The molecule has 1 unspecified atom stereocenters. The maximum atomic E-state index is 12.7. The van der Waals surface area contributed by atoms with E-state index in [1.807, 2.05) is 39.0 Å². The van der Waals surface area contributed by atoms with E-state index in [4.69, 9.17) is 13.6 Å². The van der Waals surface area contributed by atoms with Crippen LogP contribution in [0, 0.1) is 20.8 Å². The summed E-state index contributed by atoms with van der Waals surface area (Å²) in [7, 11) is -3.68. The van der Waals surface area contributed by atoms with E-state index in [1.54, 1.807) is 12.1 Å². The van der Waals surface area contributed by atoms with Gasteiger partial charge in [-0.1, -0.05) is 18.2 Å². The molecule has 1 aromatic heterocycles. The van der Waals surface area contributed by atoms with Crippen molar-refractivity contribution in [3.63, 3.8) is 0 Å². The van der Waals surface area contributed by atoms with Crippen LogP contribution in [0.5, 0.6) is 11.5 Å². The van der Waals surface area contributed by atoms with Gasteiger partial charge in [-0.05, 0) is 44.0 Å². The lowest BCUT2D eigenvalue weighted by Gasteiger charge is -2.25. The summed E-state index contributed by atoms with van der Waals surface area (Å²) in [5, 5.41) is 0. The maximum Gasteiger partial charge on any atom is 0.588 e. The zero-order valence-electron chi connectivity index (χ0n) is 12.1. The number of rotatable bonds is 2. The number of hydrogen-bond donors (Lipinski definition) is 0. The van der Waals surface area contributed by atoms with E-state index < -0.39 is 7.82 Å². The van der Waals surface area contributed by atoms with Gasteiger partial charge < -0.3 is 9.05 Å². The van der Waals surface area contributed by atoms with Gasteiger partial charge in [-0.2, -0.15) is 0 Å². The highest BCUT2D eigenvalue weighted by molar-refractivity contribution is 7.49. The smallest absolute Gasteiger partial charge is 0.394 e. The molecule has 0 saturated carbocycles. The largest absolute Gasteiger partial charge is 0.588 e. The lowest BCUT2D eigenvalue weighted by atomic mass is 10.1. The van der Waals surface area contributed by atoms with Crippen LogP contribution < -0.4 is 9.05 Å². The van der Waals surface area contributed by atoms with E-state index in [-0.39, 0.29) is 6.61 Å². The van der Waals surface area contributed by atoms with Crippen molar-refractivity contribution >= 4 is 7.82 Å². The number of aryl methyl sites for hydroxylation is 3. The second-order valence-electron chi connectivity index (χ2n) is 5.02. The molecule has 6 heteroatoms. The predicted molar refractivity (Wildman–Crippen MR) is 78.5 cm³/mol. The number of phosphoric ester groups is 1. The highest BCUT2D eigenvalue weighted by atomic mass is 31.2. The van der Waals surface area contributed by atoms with E-state index >= 15 is 0 Å². The Labute approximate surface area is 123 Å². The van der Waals surface area contributed by atoms with Gasteiger partial charge in [0, 0.05) is 5.69 Å². The maximum absolute atomic E-state index is 12.7. The molecule has 1 aromatic carbocycles. The second-order valence-corrected chi connectivity index (χ2v) is 6.54. The Hall–Kier alpha value is -1.84. The van der Waals surface area contributed by atoms with Crippen LogP contribution in [0.1, 0.15) is 22.5 Å². The molecule has 0 spiro atoms. The monoisotopic (exact) mass is 305 g/mol. The van der Waals surface area contributed by atoms with Crippen molar-refractivity contribution < 1.29 is 18.1 Å². The van der Waals surface area contributed by atoms with Crippen LogP contribution in [0.4, 0.5) is 0 Å². The van der Waals surface area contributed by atoms with Crippen LogP contribution >= 0.6 is 7.82 Å². The summed E-state index contributed by atoms with van der Waals surface area (Å²) in [5.41, 5.74) is 3.25. The molecule has 2 heterocycles. The average Bonchev–Trinajstić information content (AvgIpc) is 2.44. The quantitative estimate of drug-likeness (QED) is 0.782. The fraction of sp³-hybridized carbons (Fsp3) is 0.267. The van der Waals surface area contributed by atoms with E-state index in [9.17, 15) is 4.57 Å². The Morgan fingerprint density at radius 2 is 1.86 bits per heavy atom. The highest BCUT2D eigenvalue weighted by Crippen LogP contribution is 2.54. The van der Waals surface area contributed by atoms with Gasteiger partial charge in [0.05, 0.1) is 0 Å². The van der Waals surface area contributed by atoms with Gasteiger partial charge in [-0.25, -0.2) is 4.57 Å². The molecule has 110 valence electrons. The molecule has 1 aliphatic heterocycles. The zero-order valence-corrected chi connectivity index (χ0v) is 13.0. The van der Waals surface area contributed by atoms with Gasteiger partial charge in [-0.15, -0.1) is 0 Å². The van der Waals surface area contributed by atoms with Crippen molar-refractivity contribution in [1.29, 1.82) is 0 Å². The molecule has 0 radical (unpaired) electrons. The van der Waals surface area contributed by atoms with Gasteiger partial charge in [0.2, 0.25) is 0 Å². The summed E-state index contributed by atoms with van der Waals surface area (Å²) in [4.78, 5) is 4.29. The summed E-state index contributed by atoms with van der Waals surface area (Å²) >= 11 is 0. The van der Waals surface area contributed by atoms with Gasteiger partial charge in [-0.3, -0.25) is 9.51 Å². The van der Waals surface area contributed by atoms with Crippen molar-refractivity contribution in [2.45, 2.75) is 27.4 Å². The minimum Gasteiger partial charge on any atom is -0.394 e. The Balaban J connectivity index is 1.90. The summed E-state index contributed by atoms with van der Waals surface area (Å²) in [5.74, 6) is 0.978. The summed E-state index contributed by atoms with van der Waals surface area (Å²) in [6.45, 7) is 5.76. The van der Waals surface area contributed by atoms with Gasteiger partial charge in [0.15, 0.2) is 5.75 Å². The number of para-hydroxylation sites is 1. The second kappa shape index (κ2) is 5.17. The third-order valence-corrected chi connectivity index (χ3v) is 4.52. The number of fused-ring (bicyclic) bond motifs is 1. The van der Waals surface area contributed by atoms with Gasteiger partial charge in [0.1, 0.15) is 18.1 Å². The number of pyridine rings is 1. The SMILES string of the molecule is Cc1ccc2c(n1)COP(=O)(Oc1c(C)cccc1C)O2. The molecular formula is C15H16NO4P. The summed E-state index contributed by atoms with van der Waals surface area (Å²) in [6, 6.07) is 9.22. The van der Waals surface area contributed by atoms with Crippen molar-refractivity contribution in [3.8, 4) is 11.5 Å². The number of benzene rings is 1. The highest BCUT2D eigenvalue weighted by Gasteiger charge is 2.37. The molecule has 5 nitrogen and oxygen atoms in total. The molecule has 2 aromatic rings. The molecule has 1 atom stereocenters. The molecular weight excluding hydrogens is 289 g/mol. The Morgan fingerprint density at radius 1 is 1.14 bits per heavy atom. The van der Waals surface area contributed by atoms with Crippen LogP contribution in [0.3, 0.4) is 0 Å². The van der Waals surface area contributed by atoms with Crippen LogP contribution in [0.25, 0.3) is 0 Å². The molecule has 3 rings (SSSR count). The zero-order chi connectivity index (χ0) is 15.0. The Bertz CT molecular complexity index is 724. The fourth-order valence-electron chi connectivity index (χ4n) is 2.17. The molecule has 0 fully saturated rings. The fourth-order valence-corrected chi connectivity index (χ4v) is 3.51. The third kappa shape index (κ3) is 2.80. The minimum atomic E-state index is -3.68. The number of phosphoric acid groups is 1. The van der Waals surface area contributed by atoms with Gasteiger partial charge in [0.25, 0.3) is 0 Å². The Morgan fingerprint density at radius 3 is 2.57 bits per heavy atom. The first-order valence-corrected chi connectivity index (χ1v) is 8.09. The van der Waals surface area contributed by atoms with Crippen LogP contribution in [0.2, 0.25) is 0 Å². The standard InChI is InChI=1S/C15H16NO4P/c1-10-5-4-6-11(2)15(10)20-21(17)18-9-13-14(19-21)8-7-12(3)16-13/h4-8H,9H2,1-3H3. The first-order valence-electron chi connectivity index (χ1n) is 6.63. The third-order valence-electron chi connectivity index (χ3n) is 3.25. The van der Waals surface area contributed by atoms with E-state index in [0.29, 0.717) is 17.2 Å². The van der Waals surface area contributed by atoms with E-state index in [1.165, 1.54) is 0 Å². The normalized spacial score (nSPS) is 20.5. The molecule has 21 heavy (non-hydrogen) atoms. The number of aromatic nitrogens is 1. The molecule has 0 aliphatic carbocycles. The number of nitrogens with zero attached hydrogens (tertiary/aromatic N) is 1. The number of hydrogen-bond acceptors (Lipinski definition) is 5. The molecule has 0 bridgehead atoms. The van der Waals surface area contributed by atoms with Gasteiger partial charge >= 0.3 is 7.82 Å². The minimum absolute atomic E-state index is 0.110. The van der Waals surface area contributed by atoms with Crippen molar-refractivity contribution in [2.75, 3.05) is 0 Å². The van der Waals surface area contributed by atoms with Crippen molar-refractivity contribution in [3.05, 3.63) is 52.8 Å². The van der Waals surface area contributed by atoms with Crippen molar-refractivity contribution in [2.24, 2.45) is 0 Å². The van der Waals surface area contributed by atoms with E-state index in [0.717, 1.165) is 16.8 Å². The predicted octanol–water partition coefficient (Wildman–Crippen LogP) is 4.10. The molecule has 0 amide bonds. The lowest BCUT2D eigenvalue weighted by Crippen LogP contribution is -2.13. The first kappa shape index (κ1) is 14.1. The molecule has 1 aliphatic rings. The topological polar surface area (TPSA) is 57.7 Å². The van der Waals surface area contributed by atoms with E-state index in [2.05, 4.69) is 4.98 Å². The average molecular weight is 305 g/mol. The first-order chi connectivity index (χ1) is 9.97. The van der Waals surface area contributed by atoms with Crippen LogP contribution in [-0.4, -0.2) is 4.98 Å². The lowest BCUT2D eigenvalue weighted by molar-refractivity contribution is 0.177. The van der Waals surface area contributed by atoms with Crippen LogP contribution in [0.15, 0.2) is 30.3 Å². The molecule has 0 N–H and O–H groups in total. The summed E-state index contributed by atoms with van der Waals surface area (Å²) in [6.07, 6.45) is 0. The molecule has 0 saturated heterocycles. The Kier molecular flexibility index (Phi) is 3.47. The van der Waals surface area contributed by atoms with Crippen molar-refractivity contribution in [1.82, 2.24) is 4.98 Å². The van der Waals surface area contributed by atoms with Crippen LogP contribution in [-0.2, 0) is 15.7 Å².